The predicted octanol–water partition coefficient (Wildman–Crippen LogP) is 5.97. The van der Waals surface area contributed by atoms with E-state index in [9.17, 15) is 18.0 Å². The molecule has 0 saturated carbocycles. The number of carbonyl (C=O) groups excluding carboxylic acids is 2. The second-order valence-corrected chi connectivity index (χ2v) is 11.3. The second kappa shape index (κ2) is 12.1. The van der Waals surface area contributed by atoms with Gasteiger partial charge in [0.25, 0.3) is 15.9 Å². The van der Waals surface area contributed by atoms with Crippen LogP contribution in [0.5, 0.6) is 0 Å². The van der Waals surface area contributed by atoms with Gasteiger partial charge in [-0.05, 0) is 61.4 Å². The molecule has 2 N–H and O–H groups in total. The van der Waals surface area contributed by atoms with Crippen molar-refractivity contribution in [1.82, 2.24) is 5.32 Å². The molecule has 200 valence electrons. The summed E-state index contributed by atoms with van der Waals surface area (Å²) < 4.78 is 28.3. The summed E-state index contributed by atoms with van der Waals surface area (Å²) in [6.07, 6.45) is 0. The van der Waals surface area contributed by atoms with Crippen molar-refractivity contribution >= 4 is 44.8 Å². The van der Waals surface area contributed by atoms with Gasteiger partial charge in [-0.1, -0.05) is 78.3 Å². The average Bonchev–Trinajstić information content (AvgIpc) is 2.94. The van der Waals surface area contributed by atoms with Crippen LogP contribution in [0.1, 0.15) is 34.5 Å². The Morgan fingerprint density at radius 3 is 2.18 bits per heavy atom. The molecule has 2 amide bonds. The summed E-state index contributed by atoms with van der Waals surface area (Å²) in [4.78, 5) is 26.5. The number of nitrogens with zero attached hydrogens (tertiary/aromatic N) is 1. The van der Waals surface area contributed by atoms with Gasteiger partial charge in [-0.25, -0.2) is 8.42 Å². The van der Waals surface area contributed by atoms with Crippen molar-refractivity contribution in [2.24, 2.45) is 0 Å². The molecule has 7 nitrogen and oxygen atoms in total. The fourth-order valence-corrected chi connectivity index (χ4v) is 5.75. The van der Waals surface area contributed by atoms with Crippen LogP contribution in [-0.4, -0.2) is 26.8 Å². The standard InChI is InChI=1S/C30H28ClN3O4S/c1-21-17-18-24(31)19-28(21)34(39(37,38)25-13-7-4-8-14-25)20-29(35)33-27-16-10-9-15-26(27)30(36)32-22(2)23-11-5-3-6-12-23/h3-19,22H,20H2,1-2H3,(H,32,36)(H,33,35). The summed E-state index contributed by atoms with van der Waals surface area (Å²) in [5.41, 5.74) is 2.36. The molecule has 1 atom stereocenters. The fourth-order valence-electron chi connectivity index (χ4n) is 4.08. The van der Waals surface area contributed by atoms with E-state index in [0.717, 1.165) is 9.87 Å². The molecule has 39 heavy (non-hydrogen) atoms. The Morgan fingerprint density at radius 2 is 1.49 bits per heavy atom. The van der Waals surface area contributed by atoms with Crippen molar-refractivity contribution in [2.45, 2.75) is 24.8 Å². The van der Waals surface area contributed by atoms with Gasteiger partial charge in [0.2, 0.25) is 5.91 Å². The van der Waals surface area contributed by atoms with E-state index in [1.165, 1.54) is 18.2 Å². The first-order valence-electron chi connectivity index (χ1n) is 12.3. The van der Waals surface area contributed by atoms with Crippen molar-refractivity contribution in [3.63, 3.8) is 0 Å². The van der Waals surface area contributed by atoms with Gasteiger partial charge in [0.05, 0.1) is 27.9 Å². The quantitative estimate of drug-likeness (QED) is 0.263. The van der Waals surface area contributed by atoms with Gasteiger partial charge in [-0.3, -0.25) is 13.9 Å². The van der Waals surface area contributed by atoms with Gasteiger partial charge in [0.15, 0.2) is 0 Å². The highest BCUT2D eigenvalue weighted by molar-refractivity contribution is 7.92. The highest BCUT2D eigenvalue weighted by Gasteiger charge is 2.29. The third kappa shape index (κ3) is 6.66. The molecule has 4 aromatic carbocycles. The second-order valence-electron chi connectivity index (χ2n) is 8.96. The zero-order chi connectivity index (χ0) is 28.0. The molecule has 9 heteroatoms. The number of halogens is 1. The molecule has 0 heterocycles. The average molecular weight is 562 g/mol. The number of rotatable bonds is 9. The third-order valence-corrected chi connectivity index (χ3v) is 8.16. The number of nitrogens with one attached hydrogen (secondary N) is 2. The van der Waals surface area contributed by atoms with Crippen LogP contribution in [0.25, 0.3) is 0 Å². The monoisotopic (exact) mass is 561 g/mol. The van der Waals surface area contributed by atoms with Gasteiger partial charge in [0.1, 0.15) is 6.54 Å². The number of hydrogen-bond acceptors (Lipinski definition) is 4. The molecule has 0 fully saturated rings. The SMILES string of the molecule is Cc1ccc(Cl)cc1N(CC(=O)Nc1ccccc1C(=O)NC(C)c1ccccc1)S(=O)(=O)c1ccccc1. The van der Waals surface area contributed by atoms with Crippen LogP contribution in [0.4, 0.5) is 11.4 Å². The molecule has 1 unspecified atom stereocenters. The van der Waals surface area contributed by atoms with Crippen molar-refractivity contribution in [3.8, 4) is 0 Å². The number of carbonyl (C=O) groups is 2. The van der Waals surface area contributed by atoms with Crippen molar-refractivity contribution in [1.29, 1.82) is 0 Å². The number of amides is 2. The summed E-state index contributed by atoms with van der Waals surface area (Å²) >= 11 is 6.20. The molecule has 0 bridgehead atoms. The maximum Gasteiger partial charge on any atom is 0.264 e. The topological polar surface area (TPSA) is 95.6 Å². The summed E-state index contributed by atoms with van der Waals surface area (Å²) in [5.74, 6) is -0.994. The van der Waals surface area contributed by atoms with Crippen molar-refractivity contribution in [2.75, 3.05) is 16.2 Å². The maximum atomic E-state index is 13.7. The van der Waals surface area contributed by atoms with Crippen LogP contribution in [-0.2, 0) is 14.8 Å². The van der Waals surface area contributed by atoms with Crippen LogP contribution >= 0.6 is 11.6 Å². The van der Waals surface area contributed by atoms with Gasteiger partial charge in [-0.2, -0.15) is 0 Å². The molecule has 0 aliphatic carbocycles. The molecule has 0 spiro atoms. The molecule has 0 aliphatic rings. The Hall–Kier alpha value is -4.14. The van der Waals surface area contributed by atoms with Gasteiger partial charge < -0.3 is 10.6 Å². The molecule has 0 saturated heterocycles. The van der Waals surface area contributed by atoms with Gasteiger partial charge in [-0.15, -0.1) is 0 Å². The van der Waals surface area contributed by atoms with Crippen LogP contribution in [0.3, 0.4) is 0 Å². The highest BCUT2D eigenvalue weighted by Crippen LogP contribution is 2.29. The van der Waals surface area contributed by atoms with E-state index in [-0.39, 0.29) is 33.8 Å². The Morgan fingerprint density at radius 1 is 0.872 bits per heavy atom. The van der Waals surface area contributed by atoms with Gasteiger partial charge in [0, 0.05) is 5.02 Å². The number of benzene rings is 4. The zero-order valence-electron chi connectivity index (χ0n) is 21.5. The maximum absolute atomic E-state index is 13.7. The number of aryl methyl sites for hydroxylation is 1. The minimum absolute atomic E-state index is 0.0341. The normalized spacial score (nSPS) is 11.9. The number of anilines is 2. The summed E-state index contributed by atoms with van der Waals surface area (Å²) in [6.45, 7) is 3.08. The van der Waals surface area contributed by atoms with E-state index in [4.69, 9.17) is 11.6 Å². The van der Waals surface area contributed by atoms with Crippen LogP contribution in [0, 0.1) is 6.92 Å². The molecule has 0 radical (unpaired) electrons. The Balaban J connectivity index is 1.60. The Labute approximate surface area is 233 Å². The number of sulfonamides is 1. The minimum atomic E-state index is -4.12. The Kier molecular flexibility index (Phi) is 8.69. The third-order valence-electron chi connectivity index (χ3n) is 6.15. The van der Waals surface area contributed by atoms with Crippen LogP contribution < -0.4 is 14.9 Å². The largest absolute Gasteiger partial charge is 0.345 e. The lowest BCUT2D eigenvalue weighted by molar-refractivity contribution is -0.114. The molecule has 4 rings (SSSR count). The lowest BCUT2D eigenvalue weighted by Gasteiger charge is -2.26. The van der Waals surface area contributed by atoms with Crippen molar-refractivity contribution in [3.05, 3.63) is 125 Å². The lowest BCUT2D eigenvalue weighted by atomic mass is 10.1. The first kappa shape index (κ1) is 27.9. The zero-order valence-corrected chi connectivity index (χ0v) is 23.0. The van der Waals surface area contributed by atoms with Crippen LogP contribution in [0.2, 0.25) is 5.02 Å². The first-order chi connectivity index (χ1) is 18.7. The molecule has 4 aromatic rings. The number of hydrogen-bond donors (Lipinski definition) is 2. The van der Waals surface area contributed by atoms with E-state index in [2.05, 4.69) is 10.6 Å². The van der Waals surface area contributed by atoms with Gasteiger partial charge >= 0.3 is 0 Å². The lowest BCUT2D eigenvalue weighted by Crippen LogP contribution is -2.39. The molecule has 0 aromatic heterocycles. The summed E-state index contributed by atoms with van der Waals surface area (Å²) in [6, 6.07) is 28.5. The highest BCUT2D eigenvalue weighted by atomic mass is 35.5. The first-order valence-corrected chi connectivity index (χ1v) is 14.1. The van der Waals surface area contributed by atoms with E-state index in [1.807, 2.05) is 37.3 Å². The summed E-state index contributed by atoms with van der Waals surface area (Å²) in [5, 5.41) is 6.00. The minimum Gasteiger partial charge on any atom is -0.345 e. The van der Waals surface area contributed by atoms with E-state index >= 15 is 0 Å². The molecule has 0 aliphatic heterocycles. The smallest absolute Gasteiger partial charge is 0.264 e. The van der Waals surface area contributed by atoms with E-state index in [1.54, 1.807) is 61.5 Å². The fraction of sp³-hybridized carbons (Fsp3) is 0.133. The van der Waals surface area contributed by atoms with E-state index < -0.39 is 22.5 Å². The molecular formula is C30H28ClN3O4S. The number of para-hydroxylation sites is 1. The molecular weight excluding hydrogens is 534 g/mol. The summed E-state index contributed by atoms with van der Waals surface area (Å²) in [7, 11) is -4.12. The Bertz CT molecular complexity index is 1580. The predicted molar refractivity (Wildman–Crippen MR) is 155 cm³/mol. The van der Waals surface area contributed by atoms with E-state index in [0.29, 0.717) is 10.6 Å². The van der Waals surface area contributed by atoms with Crippen LogP contribution in [0.15, 0.2) is 108 Å². The van der Waals surface area contributed by atoms with Crippen molar-refractivity contribution < 1.29 is 18.0 Å².